The van der Waals surface area contributed by atoms with Gasteiger partial charge in [0.1, 0.15) is 5.82 Å². The fourth-order valence-corrected chi connectivity index (χ4v) is 3.23. The normalized spacial score (nSPS) is 19.3. The van der Waals surface area contributed by atoms with Gasteiger partial charge in [0.05, 0.1) is 10.9 Å². The van der Waals surface area contributed by atoms with Gasteiger partial charge in [-0.2, -0.15) is 0 Å². The maximum Gasteiger partial charge on any atom is 0.330 e. The molecule has 2 amide bonds. The number of piperidine rings is 1. The Morgan fingerprint density at radius 3 is 2.70 bits per heavy atom. The molecule has 0 bridgehead atoms. The fourth-order valence-electron chi connectivity index (χ4n) is 3.12. The number of halogens is 2. The predicted octanol–water partition coefficient (Wildman–Crippen LogP) is 3.01. The van der Waals surface area contributed by atoms with Gasteiger partial charge in [-0.1, -0.05) is 31.5 Å². The van der Waals surface area contributed by atoms with Gasteiger partial charge in [-0.25, -0.2) is 9.18 Å². The third-order valence-corrected chi connectivity index (χ3v) is 5.25. The van der Waals surface area contributed by atoms with Crippen LogP contribution < -0.4 is 5.32 Å². The van der Waals surface area contributed by atoms with E-state index < -0.39 is 29.7 Å². The molecular weight excluding hydrogens is 375 g/mol. The van der Waals surface area contributed by atoms with Crippen LogP contribution in [0.2, 0.25) is 5.02 Å². The number of nitrogens with one attached hydrogen (secondary N) is 1. The molecule has 0 aromatic heterocycles. The summed E-state index contributed by atoms with van der Waals surface area (Å²) in [6.45, 7) is 4.63. The quantitative estimate of drug-likeness (QED) is 0.771. The molecule has 148 valence electrons. The van der Waals surface area contributed by atoms with Crippen LogP contribution in [0.1, 0.15) is 44.7 Å². The lowest BCUT2D eigenvalue weighted by Gasteiger charge is -2.34. The van der Waals surface area contributed by atoms with Gasteiger partial charge in [0.2, 0.25) is 11.8 Å². The summed E-state index contributed by atoms with van der Waals surface area (Å²) in [4.78, 5) is 38.2. The smallest absolute Gasteiger partial charge is 0.330 e. The number of carboxylic acids is 1. The van der Waals surface area contributed by atoms with Crippen molar-refractivity contribution in [3.63, 3.8) is 0 Å². The maximum absolute atomic E-state index is 13.7. The Morgan fingerprint density at radius 1 is 1.41 bits per heavy atom. The second-order valence-corrected chi connectivity index (χ2v) is 7.29. The van der Waals surface area contributed by atoms with Crippen molar-refractivity contribution in [1.82, 2.24) is 10.2 Å². The summed E-state index contributed by atoms with van der Waals surface area (Å²) in [6, 6.07) is 2.23. The lowest BCUT2D eigenvalue weighted by Crippen LogP contribution is -2.48. The number of nitrogens with zero attached hydrogens (tertiary/aromatic N) is 1. The zero-order valence-corrected chi connectivity index (χ0v) is 16.1. The highest BCUT2D eigenvalue weighted by molar-refractivity contribution is 6.30. The molecule has 1 aliphatic heterocycles. The predicted molar refractivity (Wildman–Crippen MR) is 98.7 cm³/mol. The van der Waals surface area contributed by atoms with Gasteiger partial charge < -0.3 is 15.3 Å². The maximum atomic E-state index is 13.7. The lowest BCUT2D eigenvalue weighted by molar-refractivity contribution is -0.144. The molecule has 3 atom stereocenters. The van der Waals surface area contributed by atoms with E-state index >= 15 is 0 Å². The molecule has 1 aliphatic rings. The van der Waals surface area contributed by atoms with Crippen LogP contribution in [0.25, 0.3) is 0 Å². The molecule has 0 aliphatic carbocycles. The molecule has 1 saturated heterocycles. The van der Waals surface area contributed by atoms with Gasteiger partial charge in [-0.05, 0) is 37.0 Å². The highest BCUT2D eigenvalue weighted by Crippen LogP contribution is 2.23. The molecule has 1 aromatic carbocycles. The first-order valence-electron chi connectivity index (χ1n) is 9.01. The molecule has 2 N–H and O–H groups in total. The molecule has 1 aromatic rings. The molecule has 6 nitrogen and oxygen atoms in total. The van der Waals surface area contributed by atoms with Gasteiger partial charge in [0.15, 0.2) is 6.04 Å². The van der Waals surface area contributed by atoms with Crippen LogP contribution >= 0.6 is 11.6 Å². The van der Waals surface area contributed by atoms with Crippen molar-refractivity contribution in [3.05, 3.63) is 34.6 Å². The van der Waals surface area contributed by atoms with Crippen molar-refractivity contribution < 1.29 is 23.9 Å². The largest absolute Gasteiger partial charge is 0.479 e. The zero-order valence-electron chi connectivity index (χ0n) is 15.4. The van der Waals surface area contributed by atoms with Gasteiger partial charge in [-0.15, -0.1) is 0 Å². The Balaban J connectivity index is 2.09. The van der Waals surface area contributed by atoms with E-state index in [-0.39, 0.29) is 29.0 Å². The first-order chi connectivity index (χ1) is 12.7. The number of carbonyl (C=O) groups excluding carboxylic acids is 2. The third kappa shape index (κ3) is 5.19. The average Bonchev–Trinajstić information content (AvgIpc) is 2.66. The highest BCUT2D eigenvalue weighted by atomic mass is 35.5. The SMILES string of the molecule is CCC(C)C(=O)N1CCCC(C(=O)NC(C(=O)O)c2ccc(Cl)c(F)c2)C1. The van der Waals surface area contributed by atoms with Crippen LogP contribution in [0.15, 0.2) is 18.2 Å². The second kappa shape index (κ2) is 9.17. The van der Waals surface area contributed by atoms with Crippen LogP contribution in [0.4, 0.5) is 4.39 Å². The van der Waals surface area contributed by atoms with E-state index in [9.17, 15) is 23.9 Å². The molecule has 3 unspecified atom stereocenters. The van der Waals surface area contributed by atoms with E-state index in [4.69, 9.17) is 11.6 Å². The molecule has 0 spiro atoms. The van der Waals surface area contributed by atoms with E-state index in [1.165, 1.54) is 12.1 Å². The molecule has 1 fully saturated rings. The summed E-state index contributed by atoms with van der Waals surface area (Å²) in [5.74, 6) is -3.11. The molecule has 27 heavy (non-hydrogen) atoms. The van der Waals surface area contributed by atoms with Crippen LogP contribution in [-0.4, -0.2) is 40.9 Å². The second-order valence-electron chi connectivity index (χ2n) is 6.89. The number of hydrogen-bond acceptors (Lipinski definition) is 3. The lowest BCUT2D eigenvalue weighted by atomic mass is 9.94. The number of likely N-dealkylation sites (tertiary alicyclic amines) is 1. The molecular formula is C19H24ClFN2O4. The van der Waals surface area contributed by atoms with E-state index in [0.717, 1.165) is 12.5 Å². The summed E-state index contributed by atoms with van der Waals surface area (Å²) in [5, 5.41) is 11.8. The van der Waals surface area contributed by atoms with Gasteiger partial charge in [-0.3, -0.25) is 9.59 Å². The first kappa shape index (κ1) is 21.2. The van der Waals surface area contributed by atoms with Crippen LogP contribution in [0.3, 0.4) is 0 Å². The van der Waals surface area contributed by atoms with Crippen molar-refractivity contribution in [3.8, 4) is 0 Å². The number of amides is 2. The Kier molecular flexibility index (Phi) is 7.18. The minimum absolute atomic E-state index is 0.00422. The van der Waals surface area contributed by atoms with E-state index in [0.29, 0.717) is 19.4 Å². The van der Waals surface area contributed by atoms with E-state index in [2.05, 4.69) is 5.32 Å². The van der Waals surface area contributed by atoms with Crippen molar-refractivity contribution in [1.29, 1.82) is 0 Å². The summed E-state index contributed by atoms with van der Waals surface area (Å²) in [7, 11) is 0. The van der Waals surface area contributed by atoms with Crippen LogP contribution in [-0.2, 0) is 14.4 Å². The Labute approximate surface area is 162 Å². The molecule has 0 radical (unpaired) electrons. The molecule has 1 heterocycles. The molecule has 2 rings (SSSR count). The monoisotopic (exact) mass is 398 g/mol. The summed E-state index contributed by atoms with van der Waals surface area (Å²) in [6.07, 6.45) is 1.96. The Morgan fingerprint density at radius 2 is 2.11 bits per heavy atom. The first-order valence-corrected chi connectivity index (χ1v) is 9.39. The number of aliphatic carboxylic acids is 1. The molecule has 8 heteroatoms. The van der Waals surface area contributed by atoms with Crippen molar-refractivity contribution in [2.45, 2.75) is 39.2 Å². The average molecular weight is 399 g/mol. The van der Waals surface area contributed by atoms with Crippen molar-refractivity contribution in [2.75, 3.05) is 13.1 Å². The standard InChI is InChI=1S/C19H24ClFN2O4/c1-3-11(2)18(25)23-8-4-5-13(10-23)17(24)22-16(19(26)27)12-6-7-14(20)15(21)9-12/h6-7,9,11,13,16H,3-5,8,10H2,1-2H3,(H,22,24)(H,26,27). The Bertz CT molecular complexity index is 728. The number of carboxylic acid groups (broad SMARTS) is 1. The third-order valence-electron chi connectivity index (χ3n) is 4.95. The topological polar surface area (TPSA) is 86.7 Å². The fraction of sp³-hybridized carbons (Fsp3) is 0.526. The number of carbonyl (C=O) groups is 3. The van der Waals surface area contributed by atoms with Gasteiger partial charge >= 0.3 is 5.97 Å². The van der Waals surface area contributed by atoms with E-state index in [1.807, 2.05) is 13.8 Å². The van der Waals surface area contributed by atoms with Gasteiger partial charge in [0.25, 0.3) is 0 Å². The number of hydrogen-bond donors (Lipinski definition) is 2. The van der Waals surface area contributed by atoms with Gasteiger partial charge in [0, 0.05) is 19.0 Å². The highest BCUT2D eigenvalue weighted by Gasteiger charge is 2.32. The van der Waals surface area contributed by atoms with Crippen LogP contribution in [0, 0.1) is 17.7 Å². The zero-order chi connectivity index (χ0) is 20.1. The number of benzene rings is 1. The number of rotatable bonds is 6. The van der Waals surface area contributed by atoms with Crippen molar-refractivity contribution >= 4 is 29.4 Å². The summed E-state index contributed by atoms with van der Waals surface area (Å²) in [5.41, 5.74) is 0.0982. The minimum Gasteiger partial charge on any atom is -0.479 e. The molecule has 0 saturated carbocycles. The minimum atomic E-state index is -1.38. The van der Waals surface area contributed by atoms with E-state index in [1.54, 1.807) is 4.90 Å². The van der Waals surface area contributed by atoms with Crippen molar-refractivity contribution in [2.24, 2.45) is 11.8 Å². The summed E-state index contributed by atoms with van der Waals surface area (Å²) < 4.78 is 13.7. The van der Waals surface area contributed by atoms with Crippen LogP contribution in [0.5, 0.6) is 0 Å². The summed E-state index contributed by atoms with van der Waals surface area (Å²) >= 11 is 5.63. The Hall–Kier alpha value is -2.15.